The molecule has 0 saturated heterocycles. The van der Waals surface area contributed by atoms with Crippen molar-refractivity contribution in [3.05, 3.63) is 84.4 Å². The molecule has 0 spiro atoms. The molecule has 0 unspecified atom stereocenters. The largest absolute Gasteiger partial charge is 0.497 e. The Morgan fingerprint density at radius 2 is 1.91 bits per heavy atom. The van der Waals surface area contributed by atoms with Crippen molar-refractivity contribution in [1.29, 1.82) is 0 Å². The molecule has 1 N–H and O–H groups in total. The van der Waals surface area contributed by atoms with Crippen LogP contribution < -0.4 is 14.8 Å². The van der Waals surface area contributed by atoms with E-state index in [1.807, 2.05) is 50.2 Å². The first kappa shape index (κ1) is 22.1. The Morgan fingerprint density at radius 3 is 2.61 bits per heavy atom. The zero-order valence-electron chi connectivity index (χ0n) is 18.6. The molecule has 1 aromatic heterocycles. The maximum atomic E-state index is 13.4. The summed E-state index contributed by atoms with van der Waals surface area (Å²) < 4.78 is 30.3. The third-order valence-electron chi connectivity index (χ3n) is 5.24. The highest BCUT2D eigenvalue weighted by Crippen LogP contribution is 2.38. The van der Waals surface area contributed by atoms with Crippen molar-refractivity contribution in [2.75, 3.05) is 19.0 Å². The molecule has 0 atom stereocenters. The van der Waals surface area contributed by atoms with Gasteiger partial charge in [0.25, 0.3) is 0 Å². The quantitative estimate of drug-likeness (QED) is 0.322. The molecule has 0 aliphatic carbocycles. The topological polar surface area (TPSA) is 60.7 Å². The van der Waals surface area contributed by atoms with Crippen molar-refractivity contribution < 1.29 is 23.1 Å². The average Bonchev–Trinajstić information content (AvgIpc) is 3.21. The molecule has 4 rings (SSSR count). The number of ether oxygens (including phenoxy) is 2. The minimum absolute atomic E-state index is 0.358. The third kappa shape index (κ3) is 4.90. The zero-order valence-corrected chi connectivity index (χ0v) is 18.6. The Bertz CT molecular complexity index is 1320. The van der Waals surface area contributed by atoms with Crippen LogP contribution in [0.4, 0.5) is 10.1 Å². The average molecular weight is 445 g/mol. The first-order valence-corrected chi connectivity index (χ1v) is 10.6. The van der Waals surface area contributed by atoms with Gasteiger partial charge in [-0.15, -0.1) is 0 Å². The SMILES string of the molecule is CCOc1cc2occ(-c3ccc(OC)cc3)c2cc1/C(C)=C/C(=O)Nc1cccc(F)c1. The normalized spacial score (nSPS) is 11.5. The molecule has 6 heteroatoms. The summed E-state index contributed by atoms with van der Waals surface area (Å²) in [5.41, 5.74) is 4.46. The summed E-state index contributed by atoms with van der Waals surface area (Å²) in [5, 5.41) is 3.59. The van der Waals surface area contributed by atoms with Crippen LogP contribution in [0, 0.1) is 5.82 Å². The summed E-state index contributed by atoms with van der Waals surface area (Å²) >= 11 is 0. The van der Waals surface area contributed by atoms with Crippen molar-refractivity contribution in [2.45, 2.75) is 13.8 Å². The first-order chi connectivity index (χ1) is 16.0. The monoisotopic (exact) mass is 445 g/mol. The lowest BCUT2D eigenvalue weighted by molar-refractivity contribution is -0.111. The summed E-state index contributed by atoms with van der Waals surface area (Å²) in [4.78, 5) is 12.6. The second-order valence-electron chi connectivity index (χ2n) is 7.48. The predicted octanol–water partition coefficient (Wildman–Crippen LogP) is 6.69. The van der Waals surface area contributed by atoms with Crippen LogP contribution in [-0.2, 0) is 4.79 Å². The summed E-state index contributed by atoms with van der Waals surface area (Å²) in [5.74, 6) is 0.619. The van der Waals surface area contributed by atoms with E-state index >= 15 is 0 Å². The van der Waals surface area contributed by atoms with Gasteiger partial charge in [0.2, 0.25) is 5.91 Å². The maximum Gasteiger partial charge on any atom is 0.248 e. The first-order valence-electron chi connectivity index (χ1n) is 10.6. The van der Waals surface area contributed by atoms with Crippen LogP contribution in [0.2, 0.25) is 0 Å². The molecule has 0 aliphatic heterocycles. The number of nitrogens with one attached hydrogen (secondary N) is 1. The molecule has 0 bridgehead atoms. The Hall–Kier alpha value is -4.06. The Balaban J connectivity index is 1.71. The van der Waals surface area contributed by atoms with E-state index in [9.17, 15) is 9.18 Å². The number of hydrogen-bond donors (Lipinski definition) is 1. The number of anilines is 1. The van der Waals surface area contributed by atoms with Crippen LogP contribution in [0.1, 0.15) is 19.4 Å². The number of amides is 1. The molecular weight excluding hydrogens is 421 g/mol. The highest BCUT2D eigenvalue weighted by molar-refractivity contribution is 6.05. The number of fused-ring (bicyclic) bond motifs is 1. The summed E-state index contributed by atoms with van der Waals surface area (Å²) in [6, 6.07) is 17.3. The summed E-state index contributed by atoms with van der Waals surface area (Å²) in [7, 11) is 1.63. The van der Waals surface area contributed by atoms with E-state index < -0.39 is 5.82 Å². The molecule has 0 radical (unpaired) electrons. The second kappa shape index (κ2) is 9.61. The Labute approximate surface area is 191 Å². The molecule has 168 valence electrons. The molecule has 4 aromatic rings. The van der Waals surface area contributed by atoms with Crippen LogP contribution in [0.15, 0.2) is 77.4 Å². The minimum Gasteiger partial charge on any atom is -0.497 e. The van der Waals surface area contributed by atoms with E-state index in [0.717, 1.165) is 27.8 Å². The fourth-order valence-electron chi connectivity index (χ4n) is 3.65. The highest BCUT2D eigenvalue weighted by Gasteiger charge is 2.15. The van der Waals surface area contributed by atoms with E-state index in [1.165, 1.54) is 18.2 Å². The van der Waals surface area contributed by atoms with Gasteiger partial charge in [0.05, 0.1) is 20.0 Å². The van der Waals surface area contributed by atoms with Gasteiger partial charge in [-0.05, 0) is 61.4 Å². The van der Waals surface area contributed by atoms with Gasteiger partial charge < -0.3 is 19.2 Å². The lowest BCUT2D eigenvalue weighted by atomic mass is 9.99. The number of carbonyl (C=O) groups is 1. The van der Waals surface area contributed by atoms with Gasteiger partial charge in [-0.3, -0.25) is 4.79 Å². The highest BCUT2D eigenvalue weighted by atomic mass is 19.1. The van der Waals surface area contributed by atoms with Gasteiger partial charge in [0, 0.05) is 34.3 Å². The molecule has 33 heavy (non-hydrogen) atoms. The van der Waals surface area contributed by atoms with Crippen molar-refractivity contribution in [3.8, 4) is 22.6 Å². The second-order valence-corrected chi connectivity index (χ2v) is 7.48. The molecular formula is C27H24FNO4. The third-order valence-corrected chi connectivity index (χ3v) is 5.24. The van der Waals surface area contributed by atoms with Gasteiger partial charge in [-0.25, -0.2) is 4.39 Å². The molecule has 1 amide bonds. The van der Waals surface area contributed by atoms with E-state index in [0.29, 0.717) is 29.2 Å². The van der Waals surface area contributed by atoms with Crippen molar-refractivity contribution in [3.63, 3.8) is 0 Å². The van der Waals surface area contributed by atoms with Crippen molar-refractivity contribution in [2.24, 2.45) is 0 Å². The van der Waals surface area contributed by atoms with E-state index in [1.54, 1.807) is 25.5 Å². The van der Waals surface area contributed by atoms with E-state index in [4.69, 9.17) is 13.9 Å². The molecule has 0 saturated carbocycles. The number of methoxy groups -OCH3 is 1. The smallest absolute Gasteiger partial charge is 0.248 e. The summed E-state index contributed by atoms with van der Waals surface area (Å²) in [6.07, 6.45) is 3.18. The predicted molar refractivity (Wildman–Crippen MR) is 128 cm³/mol. The molecule has 3 aromatic carbocycles. The number of hydrogen-bond acceptors (Lipinski definition) is 4. The molecule has 1 heterocycles. The van der Waals surface area contributed by atoms with Crippen LogP contribution in [0.3, 0.4) is 0 Å². The molecule has 5 nitrogen and oxygen atoms in total. The van der Waals surface area contributed by atoms with Crippen molar-refractivity contribution >= 4 is 28.1 Å². The summed E-state index contributed by atoms with van der Waals surface area (Å²) in [6.45, 7) is 4.20. The standard InChI is InChI=1S/C27H24FNO4/c1-4-32-25-15-26-23(24(16-33-26)18-8-10-21(31-3)11-9-18)14-22(25)17(2)12-27(30)29-20-7-5-6-19(28)13-20/h5-16H,4H2,1-3H3,(H,29,30)/b17-12+. The van der Waals surface area contributed by atoms with E-state index in [2.05, 4.69) is 5.32 Å². The number of benzene rings is 3. The number of furan rings is 1. The van der Waals surface area contributed by atoms with Gasteiger partial charge in [-0.1, -0.05) is 18.2 Å². The lowest BCUT2D eigenvalue weighted by Crippen LogP contribution is -2.09. The Kier molecular flexibility index (Phi) is 6.45. The van der Waals surface area contributed by atoms with Crippen LogP contribution >= 0.6 is 0 Å². The van der Waals surface area contributed by atoms with Crippen LogP contribution in [-0.4, -0.2) is 19.6 Å². The minimum atomic E-state index is -0.413. The lowest BCUT2D eigenvalue weighted by Gasteiger charge is -2.12. The van der Waals surface area contributed by atoms with E-state index in [-0.39, 0.29) is 5.91 Å². The molecule has 0 fully saturated rings. The van der Waals surface area contributed by atoms with Gasteiger partial charge in [0.15, 0.2) is 0 Å². The Morgan fingerprint density at radius 1 is 1.12 bits per heavy atom. The number of rotatable bonds is 7. The number of allylic oxidation sites excluding steroid dienone is 1. The van der Waals surface area contributed by atoms with Crippen molar-refractivity contribution in [1.82, 2.24) is 0 Å². The van der Waals surface area contributed by atoms with Crippen LogP contribution in [0.25, 0.3) is 27.7 Å². The van der Waals surface area contributed by atoms with Crippen LogP contribution in [0.5, 0.6) is 11.5 Å². The zero-order chi connectivity index (χ0) is 23.4. The maximum absolute atomic E-state index is 13.4. The van der Waals surface area contributed by atoms with Gasteiger partial charge in [0.1, 0.15) is 22.9 Å². The fraction of sp³-hybridized carbons (Fsp3) is 0.148. The van der Waals surface area contributed by atoms with Gasteiger partial charge >= 0.3 is 0 Å². The number of carbonyl (C=O) groups excluding carboxylic acids is 1. The molecule has 0 aliphatic rings. The number of halogens is 1. The fourth-order valence-corrected chi connectivity index (χ4v) is 3.65. The van der Waals surface area contributed by atoms with Gasteiger partial charge in [-0.2, -0.15) is 0 Å².